The van der Waals surface area contributed by atoms with Gasteiger partial charge in [-0.05, 0) is 121 Å². The number of likely N-dealkylation sites (tertiary alicyclic amines) is 2. The van der Waals surface area contributed by atoms with E-state index in [9.17, 15) is 28.0 Å². The van der Waals surface area contributed by atoms with E-state index in [1.807, 2.05) is 109 Å². The van der Waals surface area contributed by atoms with Gasteiger partial charge in [0.25, 0.3) is 11.8 Å². The summed E-state index contributed by atoms with van der Waals surface area (Å²) in [6.45, 7) is 1.36. The highest BCUT2D eigenvalue weighted by Crippen LogP contribution is 2.53. The third-order valence-corrected chi connectivity index (χ3v) is 16.8. The smallest absolute Gasteiger partial charge is 0.251 e. The fourth-order valence-electron chi connectivity index (χ4n) is 13.3. The third-order valence-electron chi connectivity index (χ3n) is 16.8. The van der Waals surface area contributed by atoms with Crippen molar-refractivity contribution in [3.05, 3.63) is 203 Å². The van der Waals surface area contributed by atoms with Gasteiger partial charge < -0.3 is 31.1 Å². The number of hydrogen-bond acceptors (Lipinski definition) is 6. The minimum absolute atomic E-state index is 0.00163. The molecule has 0 bridgehead atoms. The van der Waals surface area contributed by atoms with Gasteiger partial charge in [-0.15, -0.1) is 0 Å². The molecule has 6 aliphatic rings. The van der Waals surface area contributed by atoms with Crippen LogP contribution >= 0.6 is 0 Å². The van der Waals surface area contributed by atoms with Gasteiger partial charge in [0, 0.05) is 59.5 Å². The number of rotatable bonds is 8. The highest BCUT2D eigenvalue weighted by atomic mass is 19.1. The van der Waals surface area contributed by atoms with Crippen LogP contribution in [0, 0.1) is 35.3 Å². The molecule has 2 saturated heterocycles. The monoisotopic (exact) mass is 994 g/mol. The first kappa shape index (κ1) is 48.9. The van der Waals surface area contributed by atoms with Crippen LogP contribution in [0.2, 0.25) is 0 Å². The predicted molar refractivity (Wildman–Crippen MR) is 283 cm³/mol. The number of para-hydroxylation sites is 2. The number of nitrogens with one attached hydrogen (secondary N) is 4. The van der Waals surface area contributed by atoms with Crippen LogP contribution < -0.4 is 21.3 Å². The van der Waals surface area contributed by atoms with Crippen LogP contribution in [0.15, 0.2) is 158 Å². The van der Waals surface area contributed by atoms with E-state index >= 15 is 0 Å². The Balaban J connectivity index is 0.000000159. The molecule has 4 N–H and O–H groups in total. The number of fused-ring (bicyclic) bond motifs is 6. The van der Waals surface area contributed by atoms with E-state index in [0.717, 1.165) is 97.8 Å². The molecule has 0 spiro atoms. The molecule has 10 atom stereocenters. The van der Waals surface area contributed by atoms with Crippen molar-refractivity contribution in [2.45, 2.75) is 100 Å². The Bertz CT molecular complexity index is 2760. The quantitative estimate of drug-likeness (QED) is 0.120. The molecule has 6 aromatic carbocycles. The van der Waals surface area contributed by atoms with Gasteiger partial charge in [-0.25, -0.2) is 8.78 Å². The summed E-state index contributed by atoms with van der Waals surface area (Å²) >= 11 is 0. The van der Waals surface area contributed by atoms with Gasteiger partial charge in [-0.2, -0.15) is 0 Å². The first-order valence-corrected chi connectivity index (χ1v) is 26.7. The lowest BCUT2D eigenvalue weighted by Crippen LogP contribution is -2.50. The van der Waals surface area contributed by atoms with Crippen molar-refractivity contribution in [2.24, 2.45) is 23.7 Å². The zero-order valence-electron chi connectivity index (χ0n) is 41.6. The number of carbonyl (C=O) groups excluding carboxylic acids is 4. The second kappa shape index (κ2) is 21.6. The SMILES string of the molecule is O=C(NC1CCCC[C@@H]1C(=O)N1CC[C@@H]2[C@H](c3ccc(F)cc3)Nc3ccccc3[C@@H]21)c1ccccc1.O=C(NC1CCCC[C@@H]1C(=O)N1CC[C@H]2[C@@H](c3ccc(F)cc3)Nc3ccccc3[C@H]21)c1ccccc1. The van der Waals surface area contributed by atoms with Crippen molar-refractivity contribution < 1.29 is 28.0 Å². The van der Waals surface area contributed by atoms with Gasteiger partial charge in [0.1, 0.15) is 11.6 Å². The average Bonchev–Trinajstić information content (AvgIpc) is 4.11. The van der Waals surface area contributed by atoms with Crippen molar-refractivity contribution in [3.8, 4) is 0 Å². The van der Waals surface area contributed by atoms with E-state index in [1.165, 1.54) is 24.3 Å². The third kappa shape index (κ3) is 9.90. The lowest BCUT2D eigenvalue weighted by atomic mass is 9.79. The van der Waals surface area contributed by atoms with Gasteiger partial charge in [-0.1, -0.05) is 123 Å². The second-order valence-electron chi connectivity index (χ2n) is 21.1. The van der Waals surface area contributed by atoms with E-state index in [2.05, 4.69) is 55.3 Å². The van der Waals surface area contributed by atoms with E-state index < -0.39 is 0 Å². The molecule has 4 aliphatic heterocycles. The minimum Gasteiger partial charge on any atom is -0.378 e. The Morgan fingerprint density at radius 1 is 0.432 bits per heavy atom. The lowest BCUT2D eigenvalue weighted by Gasteiger charge is -2.42. The van der Waals surface area contributed by atoms with Gasteiger partial charge in [-0.3, -0.25) is 19.2 Å². The Morgan fingerprint density at radius 2 is 0.797 bits per heavy atom. The van der Waals surface area contributed by atoms with E-state index in [0.29, 0.717) is 24.2 Å². The first-order valence-electron chi connectivity index (χ1n) is 26.7. The molecule has 0 radical (unpaired) electrons. The van der Waals surface area contributed by atoms with Crippen LogP contribution in [0.1, 0.15) is 131 Å². The average molecular weight is 995 g/mol. The summed E-state index contributed by atoms with van der Waals surface area (Å²) in [6.07, 6.45) is 8.94. The van der Waals surface area contributed by atoms with Gasteiger partial charge in [0.2, 0.25) is 11.8 Å². The number of benzene rings is 6. The molecule has 74 heavy (non-hydrogen) atoms. The molecule has 4 fully saturated rings. The summed E-state index contributed by atoms with van der Waals surface area (Å²) in [6, 6.07) is 47.8. The van der Waals surface area contributed by atoms with E-state index in [4.69, 9.17) is 0 Å². The lowest BCUT2D eigenvalue weighted by molar-refractivity contribution is -0.139. The molecule has 12 rings (SSSR count). The zero-order valence-corrected chi connectivity index (χ0v) is 41.6. The van der Waals surface area contributed by atoms with Crippen LogP contribution in [0.3, 0.4) is 0 Å². The molecule has 4 amide bonds. The fraction of sp³-hybridized carbons (Fsp3) is 0.355. The summed E-state index contributed by atoms with van der Waals surface area (Å²) in [5.74, 6) is -0.545. The van der Waals surface area contributed by atoms with Crippen molar-refractivity contribution in [1.82, 2.24) is 20.4 Å². The first-order chi connectivity index (χ1) is 36.2. The molecule has 2 unspecified atom stereocenters. The largest absolute Gasteiger partial charge is 0.378 e. The van der Waals surface area contributed by atoms with Crippen LogP contribution in [0.5, 0.6) is 0 Å². The molecular formula is C62H64F2N6O4. The Hall–Kier alpha value is -7.34. The highest BCUT2D eigenvalue weighted by Gasteiger charge is 2.50. The van der Waals surface area contributed by atoms with E-state index in [1.54, 1.807) is 0 Å². The van der Waals surface area contributed by atoms with Gasteiger partial charge in [0.15, 0.2) is 0 Å². The molecule has 12 heteroatoms. The molecule has 0 aromatic heterocycles. The zero-order chi connectivity index (χ0) is 50.7. The molecule has 4 heterocycles. The van der Waals surface area contributed by atoms with Crippen LogP contribution in [-0.4, -0.2) is 58.6 Å². The summed E-state index contributed by atoms with van der Waals surface area (Å²) in [7, 11) is 0. The maximum atomic E-state index is 14.2. The maximum absolute atomic E-state index is 14.2. The summed E-state index contributed by atoms with van der Waals surface area (Å²) in [4.78, 5) is 58.4. The number of anilines is 2. The molecular weight excluding hydrogens is 931 g/mol. The van der Waals surface area contributed by atoms with Crippen LogP contribution in [0.25, 0.3) is 0 Å². The second-order valence-corrected chi connectivity index (χ2v) is 21.1. The number of hydrogen-bond donors (Lipinski definition) is 4. The highest BCUT2D eigenvalue weighted by molar-refractivity contribution is 5.95. The summed E-state index contributed by atoms with van der Waals surface area (Å²) in [5.41, 5.74) is 7.63. The number of amides is 4. The molecule has 380 valence electrons. The molecule has 6 aromatic rings. The number of carbonyl (C=O) groups is 4. The Morgan fingerprint density at radius 3 is 1.20 bits per heavy atom. The van der Waals surface area contributed by atoms with Crippen molar-refractivity contribution >= 4 is 35.0 Å². The van der Waals surface area contributed by atoms with Crippen molar-refractivity contribution in [1.29, 1.82) is 0 Å². The predicted octanol–water partition coefficient (Wildman–Crippen LogP) is 11.7. The van der Waals surface area contributed by atoms with E-state index in [-0.39, 0.29) is 95.2 Å². The summed E-state index contributed by atoms with van der Waals surface area (Å²) < 4.78 is 27.3. The summed E-state index contributed by atoms with van der Waals surface area (Å²) in [5, 5.41) is 13.7. The Labute approximate surface area is 432 Å². The van der Waals surface area contributed by atoms with Crippen LogP contribution in [-0.2, 0) is 9.59 Å². The van der Waals surface area contributed by atoms with Gasteiger partial charge in [0.05, 0.1) is 36.0 Å². The maximum Gasteiger partial charge on any atom is 0.251 e. The van der Waals surface area contributed by atoms with Crippen molar-refractivity contribution in [3.63, 3.8) is 0 Å². The normalized spacial score (nSPS) is 26.5. The molecule has 2 aliphatic carbocycles. The minimum atomic E-state index is -0.249. The van der Waals surface area contributed by atoms with Crippen LogP contribution in [0.4, 0.5) is 20.2 Å². The number of halogens is 2. The number of nitrogens with zero attached hydrogens (tertiary/aromatic N) is 2. The fourth-order valence-corrected chi connectivity index (χ4v) is 13.3. The molecule has 10 nitrogen and oxygen atoms in total. The van der Waals surface area contributed by atoms with Gasteiger partial charge >= 0.3 is 0 Å². The Kier molecular flexibility index (Phi) is 14.3. The standard InChI is InChI=1S/2C31H32FN3O2/c2*32-22-16-14-20(15-17-22)28-25-18-19-35(29(25)23-10-4-6-12-26(23)33-28)31(37)24-11-5-7-13-27(24)34-30(36)21-8-2-1-3-9-21/h2*1-4,6,8-10,12,14-17,24-25,27-29,33H,5,7,11,13,18-19H2,(H,34,36)/t24-,25+,27?,28-,29-;24-,25-,27?,28+,29+/m00/s1. The topological polar surface area (TPSA) is 123 Å². The van der Waals surface area contributed by atoms with Crippen molar-refractivity contribution in [2.75, 3.05) is 23.7 Å². The molecule has 2 saturated carbocycles.